The topological polar surface area (TPSA) is 46.3 Å². The molecule has 0 aliphatic carbocycles. The number of carbonyl (C=O) groups excluding carboxylic acids is 1. The Hall–Kier alpha value is -2.81. The molecule has 0 unspecified atom stereocenters. The van der Waals surface area contributed by atoms with Gasteiger partial charge in [-0.2, -0.15) is 5.10 Å². The van der Waals surface area contributed by atoms with Crippen LogP contribution in [-0.4, -0.2) is 56.2 Å². The molecule has 1 aliphatic heterocycles. The number of hydrogen-bond donors (Lipinski definition) is 0. The zero-order chi connectivity index (χ0) is 22.7. The molecule has 1 fully saturated rings. The van der Waals surface area contributed by atoms with Crippen molar-refractivity contribution in [2.24, 2.45) is 0 Å². The van der Waals surface area contributed by atoms with Gasteiger partial charge in [0, 0.05) is 43.3 Å². The second kappa shape index (κ2) is 9.77. The molecule has 2 aromatic carbocycles. The standard InChI is InChI=1S/C23H23ClFN5OS/c1-2-11-29-21(17-7-9-18(24)10-8-17)26-30(23(29)32)16-27-12-14-28(15-13-27)22(31)19-5-3-4-6-20(19)25/h2-10H,1,11-16H2. The van der Waals surface area contributed by atoms with E-state index in [-0.39, 0.29) is 11.5 Å². The normalized spacial score (nSPS) is 14.5. The number of piperazine rings is 1. The maximum Gasteiger partial charge on any atom is 0.256 e. The van der Waals surface area contributed by atoms with E-state index in [9.17, 15) is 9.18 Å². The molecular formula is C23H23ClFN5OS. The van der Waals surface area contributed by atoms with E-state index in [1.807, 2.05) is 28.8 Å². The fraction of sp³-hybridized carbons (Fsp3) is 0.261. The van der Waals surface area contributed by atoms with E-state index in [1.54, 1.807) is 27.8 Å². The van der Waals surface area contributed by atoms with Gasteiger partial charge >= 0.3 is 0 Å². The molecule has 0 radical (unpaired) electrons. The van der Waals surface area contributed by atoms with Crippen molar-refractivity contribution in [3.63, 3.8) is 0 Å². The second-order valence-electron chi connectivity index (χ2n) is 7.54. The van der Waals surface area contributed by atoms with Gasteiger partial charge in [-0.15, -0.1) is 6.58 Å². The Morgan fingerprint density at radius 2 is 1.81 bits per heavy atom. The molecule has 2 heterocycles. The number of allylic oxidation sites excluding steroid dienone is 1. The summed E-state index contributed by atoms with van der Waals surface area (Å²) in [5.74, 6) is -0.0201. The summed E-state index contributed by atoms with van der Waals surface area (Å²) in [6.07, 6.45) is 1.79. The molecule has 1 aliphatic rings. The van der Waals surface area contributed by atoms with Crippen LogP contribution in [0.1, 0.15) is 10.4 Å². The van der Waals surface area contributed by atoms with E-state index in [0.717, 1.165) is 11.4 Å². The van der Waals surface area contributed by atoms with Crippen molar-refractivity contribution in [1.29, 1.82) is 0 Å². The summed E-state index contributed by atoms with van der Waals surface area (Å²) < 4.78 is 18.3. The summed E-state index contributed by atoms with van der Waals surface area (Å²) in [4.78, 5) is 16.5. The molecule has 0 N–H and O–H groups in total. The monoisotopic (exact) mass is 471 g/mol. The van der Waals surface area contributed by atoms with E-state index < -0.39 is 5.82 Å². The maximum atomic E-state index is 14.0. The van der Waals surface area contributed by atoms with Crippen LogP contribution in [0.15, 0.2) is 61.2 Å². The number of rotatable bonds is 6. The van der Waals surface area contributed by atoms with Crippen LogP contribution < -0.4 is 0 Å². The first-order chi connectivity index (χ1) is 15.5. The Kier molecular flexibility index (Phi) is 6.83. The average Bonchev–Trinajstić information content (AvgIpc) is 3.10. The lowest BCUT2D eigenvalue weighted by molar-refractivity contribution is 0.0581. The third-order valence-electron chi connectivity index (χ3n) is 5.43. The quantitative estimate of drug-likeness (QED) is 0.393. The highest BCUT2D eigenvalue weighted by Gasteiger charge is 2.24. The first-order valence-corrected chi connectivity index (χ1v) is 11.1. The van der Waals surface area contributed by atoms with E-state index >= 15 is 0 Å². The summed E-state index contributed by atoms with van der Waals surface area (Å²) in [5, 5.41) is 5.41. The van der Waals surface area contributed by atoms with Crippen molar-refractivity contribution in [2.75, 3.05) is 26.2 Å². The molecule has 1 saturated heterocycles. The van der Waals surface area contributed by atoms with Gasteiger partial charge in [0.1, 0.15) is 5.82 Å². The third kappa shape index (κ3) is 4.67. The number of carbonyl (C=O) groups is 1. The lowest BCUT2D eigenvalue weighted by Gasteiger charge is -2.34. The number of aromatic nitrogens is 3. The van der Waals surface area contributed by atoms with Crippen LogP contribution in [0.5, 0.6) is 0 Å². The minimum atomic E-state index is -0.492. The number of hydrogen-bond acceptors (Lipinski definition) is 4. The van der Waals surface area contributed by atoms with E-state index in [4.69, 9.17) is 28.9 Å². The number of amides is 1. The largest absolute Gasteiger partial charge is 0.336 e. The molecule has 0 bridgehead atoms. The van der Waals surface area contributed by atoms with Crippen LogP contribution in [0.25, 0.3) is 11.4 Å². The van der Waals surface area contributed by atoms with Crippen molar-refractivity contribution in [2.45, 2.75) is 13.2 Å². The fourth-order valence-electron chi connectivity index (χ4n) is 3.73. The Morgan fingerprint density at radius 3 is 2.47 bits per heavy atom. The summed E-state index contributed by atoms with van der Waals surface area (Å²) in [6, 6.07) is 13.6. The summed E-state index contributed by atoms with van der Waals surface area (Å²) in [5.41, 5.74) is 1.03. The molecule has 1 aromatic heterocycles. The van der Waals surface area contributed by atoms with Gasteiger partial charge in [0.25, 0.3) is 5.91 Å². The summed E-state index contributed by atoms with van der Waals surface area (Å²) in [7, 11) is 0. The van der Waals surface area contributed by atoms with Crippen LogP contribution in [0, 0.1) is 10.6 Å². The predicted octanol–water partition coefficient (Wildman–Crippen LogP) is 4.48. The molecule has 6 nitrogen and oxygen atoms in total. The second-order valence-corrected chi connectivity index (χ2v) is 8.34. The Balaban J connectivity index is 1.47. The Labute approximate surface area is 196 Å². The lowest BCUT2D eigenvalue weighted by Crippen LogP contribution is -2.49. The molecule has 0 spiro atoms. The van der Waals surface area contributed by atoms with Crippen LogP contribution in [0.2, 0.25) is 5.02 Å². The summed E-state index contributed by atoms with van der Waals surface area (Å²) in [6.45, 7) is 7.19. The Bertz CT molecular complexity index is 1180. The zero-order valence-corrected chi connectivity index (χ0v) is 19.0. The molecular weight excluding hydrogens is 449 g/mol. The van der Waals surface area contributed by atoms with Gasteiger partial charge in [-0.1, -0.05) is 29.8 Å². The molecule has 0 saturated carbocycles. The molecule has 3 aromatic rings. The molecule has 0 atom stereocenters. The van der Waals surface area contributed by atoms with Crippen molar-refractivity contribution >= 4 is 29.7 Å². The van der Waals surface area contributed by atoms with E-state index in [1.165, 1.54) is 12.1 Å². The van der Waals surface area contributed by atoms with Gasteiger partial charge < -0.3 is 4.90 Å². The average molecular weight is 472 g/mol. The maximum absolute atomic E-state index is 14.0. The van der Waals surface area contributed by atoms with Crippen LogP contribution in [0.4, 0.5) is 4.39 Å². The minimum Gasteiger partial charge on any atom is -0.336 e. The van der Waals surface area contributed by atoms with Gasteiger partial charge in [-0.25, -0.2) is 9.07 Å². The van der Waals surface area contributed by atoms with Crippen LogP contribution >= 0.6 is 23.8 Å². The predicted molar refractivity (Wildman–Crippen MR) is 126 cm³/mol. The number of benzene rings is 2. The first-order valence-electron chi connectivity index (χ1n) is 10.3. The zero-order valence-electron chi connectivity index (χ0n) is 17.5. The highest BCUT2D eigenvalue weighted by Crippen LogP contribution is 2.21. The Morgan fingerprint density at radius 1 is 1.12 bits per heavy atom. The highest BCUT2D eigenvalue weighted by atomic mass is 35.5. The van der Waals surface area contributed by atoms with Gasteiger partial charge in [0.15, 0.2) is 10.6 Å². The highest BCUT2D eigenvalue weighted by molar-refractivity contribution is 7.71. The van der Waals surface area contributed by atoms with Crippen molar-refractivity contribution in [3.05, 3.63) is 82.4 Å². The van der Waals surface area contributed by atoms with Gasteiger partial charge in [-0.05, 0) is 48.6 Å². The fourth-order valence-corrected chi connectivity index (χ4v) is 4.11. The minimum absolute atomic E-state index is 0.110. The molecule has 1 amide bonds. The van der Waals surface area contributed by atoms with Gasteiger partial charge in [0.05, 0.1) is 12.2 Å². The smallest absolute Gasteiger partial charge is 0.256 e. The van der Waals surface area contributed by atoms with E-state index in [2.05, 4.69) is 11.5 Å². The number of halogens is 2. The summed E-state index contributed by atoms with van der Waals surface area (Å²) >= 11 is 11.7. The third-order valence-corrected chi connectivity index (χ3v) is 6.12. The van der Waals surface area contributed by atoms with Gasteiger partial charge in [0.2, 0.25) is 0 Å². The van der Waals surface area contributed by atoms with Crippen LogP contribution in [0.3, 0.4) is 0 Å². The van der Waals surface area contributed by atoms with Crippen LogP contribution in [-0.2, 0) is 13.2 Å². The molecule has 166 valence electrons. The lowest BCUT2D eigenvalue weighted by atomic mass is 10.1. The molecule has 32 heavy (non-hydrogen) atoms. The van der Waals surface area contributed by atoms with Crippen molar-refractivity contribution < 1.29 is 9.18 Å². The van der Waals surface area contributed by atoms with Gasteiger partial charge in [-0.3, -0.25) is 14.3 Å². The molecule has 4 rings (SSSR count). The SMILES string of the molecule is C=CCn1c(-c2ccc(Cl)cc2)nn(CN2CCN(C(=O)c3ccccc3F)CC2)c1=S. The molecule has 9 heteroatoms. The van der Waals surface area contributed by atoms with Crippen molar-refractivity contribution in [3.8, 4) is 11.4 Å². The van der Waals surface area contributed by atoms with Crippen molar-refractivity contribution in [1.82, 2.24) is 24.1 Å². The number of nitrogens with zero attached hydrogens (tertiary/aromatic N) is 5. The first kappa shape index (κ1) is 22.4. The van der Waals surface area contributed by atoms with E-state index in [0.29, 0.717) is 49.2 Å².